The van der Waals surface area contributed by atoms with Gasteiger partial charge in [0.15, 0.2) is 0 Å². The highest BCUT2D eigenvalue weighted by atomic mass is 16.6. The Labute approximate surface area is 174 Å². The minimum atomic E-state index is -0.514. The Morgan fingerprint density at radius 1 is 1.00 bits per heavy atom. The lowest BCUT2D eigenvalue weighted by atomic mass is 10.2. The Morgan fingerprint density at radius 3 is 2.30 bits per heavy atom. The zero-order valence-corrected chi connectivity index (χ0v) is 16.8. The quantitative estimate of drug-likeness (QED) is 0.534. The van der Waals surface area contributed by atoms with E-state index < -0.39 is 11.0 Å². The number of piperazine rings is 1. The molecule has 0 radical (unpaired) electrons. The Hall–Kier alpha value is -3.30. The number of hydrogen-bond donors (Lipinski definition) is 2. The molecule has 30 heavy (non-hydrogen) atoms. The van der Waals surface area contributed by atoms with E-state index in [-0.39, 0.29) is 23.2 Å². The molecule has 3 rings (SSSR count). The van der Waals surface area contributed by atoms with Crippen molar-refractivity contribution in [2.75, 3.05) is 43.4 Å². The van der Waals surface area contributed by atoms with Gasteiger partial charge in [0.1, 0.15) is 5.69 Å². The van der Waals surface area contributed by atoms with Gasteiger partial charge in [-0.05, 0) is 25.1 Å². The van der Waals surface area contributed by atoms with E-state index in [1.165, 1.54) is 12.1 Å². The van der Waals surface area contributed by atoms with Crippen molar-refractivity contribution in [3.8, 4) is 0 Å². The van der Waals surface area contributed by atoms with Crippen molar-refractivity contribution in [2.45, 2.75) is 13.0 Å². The maximum absolute atomic E-state index is 12.6. The molecule has 1 fully saturated rings. The number of amides is 2. The summed E-state index contributed by atoms with van der Waals surface area (Å²) in [6.45, 7) is 4.65. The smallest absolute Gasteiger partial charge is 0.292 e. The van der Waals surface area contributed by atoms with E-state index in [0.29, 0.717) is 32.7 Å². The van der Waals surface area contributed by atoms with E-state index in [2.05, 4.69) is 10.6 Å². The summed E-state index contributed by atoms with van der Waals surface area (Å²) in [4.78, 5) is 39.5. The molecule has 9 heteroatoms. The van der Waals surface area contributed by atoms with Crippen LogP contribution in [-0.4, -0.2) is 65.3 Å². The van der Waals surface area contributed by atoms with Crippen LogP contribution in [0.5, 0.6) is 0 Å². The molecular weight excluding hydrogens is 386 g/mol. The average Bonchev–Trinajstić information content (AvgIpc) is 2.74. The van der Waals surface area contributed by atoms with Crippen LogP contribution in [0.15, 0.2) is 54.6 Å². The van der Waals surface area contributed by atoms with Crippen LogP contribution in [0, 0.1) is 10.1 Å². The molecule has 2 aromatic rings. The average molecular weight is 411 g/mol. The molecular formula is C21H25N5O4. The van der Waals surface area contributed by atoms with Crippen molar-refractivity contribution in [2.24, 2.45) is 0 Å². The summed E-state index contributed by atoms with van der Waals surface area (Å²) in [5, 5.41) is 16.6. The summed E-state index contributed by atoms with van der Waals surface area (Å²) in [7, 11) is 0. The van der Waals surface area contributed by atoms with Crippen molar-refractivity contribution < 1.29 is 14.5 Å². The molecule has 1 aliphatic rings. The van der Waals surface area contributed by atoms with Crippen LogP contribution in [0.1, 0.15) is 6.92 Å². The van der Waals surface area contributed by atoms with Crippen LogP contribution in [0.25, 0.3) is 0 Å². The second-order valence-electron chi connectivity index (χ2n) is 7.17. The highest BCUT2D eigenvalue weighted by molar-refractivity contribution is 5.96. The van der Waals surface area contributed by atoms with Gasteiger partial charge >= 0.3 is 0 Å². The van der Waals surface area contributed by atoms with E-state index in [0.717, 1.165) is 5.69 Å². The fourth-order valence-electron chi connectivity index (χ4n) is 3.38. The Balaban J connectivity index is 1.48. The molecule has 2 amide bonds. The number of benzene rings is 2. The summed E-state index contributed by atoms with van der Waals surface area (Å²) in [5.74, 6) is -0.364. The maximum Gasteiger partial charge on any atom is 0.292 e. The molecule has 158 valence electrons. The van der Waals surface area contributed by atoms with E-state index in [4.69, 9.17) is 0 Å². The van der Waals surface area contributed by atoms with Crippen LogP contribution >= 0.6 is 0 Å². The molecule has 0 aliphatic carbocycles. The first kappa shape index (κ1) is 21.4. The first-order valence-electron chi connectivity index (χ1n) is 9.79. The van der Waals surface area contributed by atoms with Gasteiger partial charge in [0.05, 0.1) is 17.5 Å². The summed E-state index contributed by atoms with van der Waals surface area (Å²) < 4.78 is 0. The second kappa shape index (κ2) is 9.95. The summed E-state index contributed by atoms with van der Waals surface area (Å²) in [6, 6.07) is 15.0. The highest BCUT2D eigenvalue weighted by Crippen LogP contribution is 2.23. The number of carbonyl (C=O) groups is 2. The van der Waals surface area contributed by atoms with Gasteiger partial charge in [-0.25, -0.2) is 0 Å². The van der Waals surface area contributed by atoms with Gasteiger partial charge in [-0.3, -0.25) is 29.5 Å². The molecule has 1 aliphatic heterocycles. The van der Waals surface area contributed by atoms with Gasteiger partial charge in [0.25, 0.3) is 5.69 Å². The third-order valence-corrected chi connectivity index (χ3v) is 5.12. The Morgan fingerprint density at radius 2 is 1.63 bits per heavy atom. The van der Waals surface area contributed by atoms with Crippen molar-refractivity contribution in [1.29, 1.82) is 0 Å². The van der Waals surface area contributed by atoms with Gasteiger partial charge in [-0.2, -0.15) is 0 Å². The molecule has 1 saturated heterocycles. The fourth-order valence-corrected chi connectivity index (χ4v) is 3.38. The topological polar surface area (TPSA) is 108 Å². The van der Waals surface area contributed by atoms with Crippen molar-refractivity contribution in [3.63, 3.8) is 0 Å². The van der Waals surface area contributed by atoms with Crippen LogP contribution in [-0.2, 0) is 9.59 Å². The molecule has 0 bridgehead atoms. The van der Waals surface area contributed by atoms with Gasteiger partial charge in [0, 0.05) is 37.9 Å². The monoisotopic (exact) mass is 411 g/mol. The molecule has 0 unspecified atom stereocenters. The van der Waals surface area contributed by atoms with Gasteiger partial charge < -0.3 is 10.6 Å². The van der Waals surface area contributed by atoms with Crippen LogP contribution in [0.3, 0.4) is 0 Å². The number of hydrogen-bond acceptors (Lipinski definition) is 6. The largest absolute Gasteiger partial charge is 0.325 e. The van der Waals surface area contributed by atoms with Gasteiger partial charge in [0.2, 0.25) is 11.8 Å². The molecule has 2 aromatic carbocycles. The van der Waals surface area contributed by atoms with Gasteiger partial charge in [-0.15, -0.1) is 0 Å². The third kappa shape index (κ3) is 5.62. The predicted molar refractivity (Wildman–Crippen MR) is 114 cm³/mol. The van der Waals surface area contributed by atoms with Crippen molar-refractivity contribution in [1.82, 2.24) is 9.80 Å². The summed E-state index contributed by atoms with van der Waals surface area (Å²) in [5.41, 5.74) is 0.823. The lowest BCUT2D eigenvalue weighted by Gasteiger charge is -2.37. The molecule has 0 spiro atoms. The SMILES string of the molecule is C[C@H](C(=O)Nc1ccccc1[N+](=O)[O-])N1CCN(CC(=O)Nc2ccccc2)CC1. The van der Waals surface area contributed by atoms with Crippen LogP contribution in [0.4, 0.5) is 17.1 Å². The normalized spacial score (nSPS) is 15.9. The van der Waals surface area contributed by atoms with Crippen LogP contribution in [0.2, 0.25) is 0 Å². The third-order valence-electron chi connectivity index (χ3n) is 5.12. The first-order chi connectivity index (χ1) is 14.4. The second-order valence-corrected chi connectivity index (χ2v) is 7.17. The van der Waals surface area contributed by atoms with Gasteiger partial charge in [-0.1, -0.05) is 30.3 Å². The number of para-hydroxylation sites is 3. The maximum atomic E-state index is 12.6. The number of nitrogens with one attached hydrogen (secondary N) is 2. The van der Waals surface area contributed by atoms with Crippen molar-refractivity contribution in [3.05, 3.63) is 64.7 Å². The number of nitro groups is 1. The standard InChI is InChI=1S/C21H25N5O4/c1-16(21(28)23-18-9-5-6-10-19(18)26(29)30)25-13-11-24(12-14-25)15-20(27)22-17-7-3-2-4-8-17/h2-10,16H,11-15H2,1H3,(H,22,27)(H,23,28)/t16-/m1/s1. The number of carbonyl (C=O) groups excluding carboxylic acids is 2. The van der Waals surface area contributed by atoms with E-state index >= 15 is 0 Å². The zero-order valence-electron chi connectivity index (χ0n) is 16.8. The lowest BCUT2D eigenvalue weighted by Crippen LogP contribution is -2.53. The minimum absolute atomic E-state index is 0.0724. The van der Waals surface area contributed by atoms with E-state index in [1.807, 2.05) is 40.1 Å². The van der Waals surface area contributed by atoms with E-state index in [1.54, 1.807) is 19.1 Å². The zero-order chi connectivity index (χ0) is 21.5. The number of nitrogens with zero attached hydrogens (tertiary/aromatic N) is 3. The predicted octanol–water partition coefficient (Wildman–Crippen LogP) is 2.18. The summed E-state index contributed by atoms with van der Waals surface area (Å²) in [6.07, 6.45) is 0. The van der Waals surface area contributed by atoms with Crippen LogP contribution < -0.4 is 10.6 Å². The Kier molecular flexibility index (Phi) is 7.10. The molecule has 0 aromatic heterocycles. The molecule has 9 nitrogen and oxygen atoms in total. The molecule has 1 heterocycles. The molecule has 0 saturated carbocycles. The number of nitro benzene ring substituents is 1. The molecule has 1 atom stereocenters. The number of rotatable bonds is 7. The summed E-state index contributed by atoms with van der Waals surface area (Å²) >= 11 is 0. The van der Waals surface area contributed by atoms with E-state index in [9.17, 15) is 19.7 Å². The Bertz CT molecular complexity index is 897. The minimum Gasteiger partial charge on any atom is -0.325 e. The highest BCUT2D eigenvalue weighted by Gasteiger charge is 2.27. The van der Waals surface area contributed by atoms with Crippen molar-refractivity contribution >= 4 is 28.9 Å². The first-order valence-corrected chi connectivity index (χ1v) is 9.79. The lowest BCUT2D eigenvalue weighted by molar-refractivity contribution is -0.383. The number of anilines is 2. The molecule has 2 N–H and O–H groups in total. The fraction of sp³-hybridized carbons (Fsp3) is 0.333.